The molecule has 0 bridgehead atoms. The van der Waals surface area contributed by atoms with Crippen LogP contribution in [0.25, 0.3) is 37.2 Å². The maximum atomic E-state index is 13.7. The standard InChI is InChI=1S/C19H11ClFN5O2S/c1-25-16-9(7-23-25)6-22-8-14(16)26-18(27)17-13(24-19(26)28)5-15(29-17)11-4-10(21)2-3-12(11)20/h2-8H,1H3,(H,24,28). The Hall–Kier alpha value is -3.30. The van der Waals surface area contributed by atoms with E-state index in [4.69, 9.17) is 11.6 Å². The molecule has 0 aliphatic heterocycles. The number of H-pyrrole nitrogens is 1. The van der Waals surface area contributed by atoms with Crippen molar-refractivity contribution in [3.05, 3.63) is 74.5 Å². The molecule has 144 valence electrons. The Morgan fingerprint density at radius 3 is 2.83 bits per heavy atom. The normalized spacial score (nSPS) is 11.6. The minimum atomic E-state index is -0.604. The maximum Gasteiger partial charge on any atom is 0.333 e. The molecule has 0 aliphatic carbocycles. The van der Waals surface area contributed by atoms with Crippen LogP contribution >= 0.6 is 22.9 Å². The van der Waals surface area contributed by atoms with Gasteiger partial charge in [-0.25, -0.2) is 13.8 Å². The number of nitrogens with one attached hydrogen (secondary N) is 1. The van der Waals surface area contributed by atoms with Crippen LogP contribution in [-0.4, -0.2) is 24.3 Å². The second kappa shape index (κ2) is 6.36. The lowest BCUT2D eigenvalue weighted by Crippen LogP contribution is -2.33. The Balaban J connectivity index is 1.81. The van der Waals surface area contributed by atoms with Gasteiger partial charge in [-0.3, -0.25) is 14.5 Å². The van der Waals surface area contributed by atoms with Gasteiger partial charge in [-0.05, 0) is 24.3 Å². The van der Waals surface area contributed by atoms with Crippen LogP contribution in [0.1, 0.15) is 0 Å². The summed E-state index contributed by atoms with van der Waals surface area (Å²) < 4.78 is 16.6. The number of thiophene rings is 1. The van der Waals surface area contributed by atoms with Crippen molar-refractivity contribution in [2.24, 2.45) is 7.05 Å². The van der Waals surface area contributed by atoms with Crippen molar-refractivity contribution in [2.75, 3.05) is 0 Å². The van der Waals surface area contributed by atoms with Gasteiger partial charge in [0, 0.05) is 34.1 Å². The van der Waals surface area contributed by atoms with Crippen molar-refractivity contribution in [2.45, 2.75) is 0 Å². The van der Waals surface area contributed by atoms with Crippen LogP contribution < -0.4 is 11.2 Å². The summed E-state index contributed by atoms with van der Waals surface area (Å²) in [5.74, 6) is -0.443. The van der Waals surface area contributed by atoms with Crippen LogP contribution in [0.15, 0.2) is 52.4 Å². The first-order chi connectivity index (χ1) is 13.9. The van der Waals surface area contributed by atoms with E-state index in [-0.39, 0.29) is 0 Å². The fourth-order valence-electron chi connectivity index (χ4n) is 3.32. The third kappa shape index (κ3) is 2.70. The molecule has 5 aromatic rings. The van der Waals surface area contributed by atoms with Crippen LogP contribution in [0.4, 0.5) is 4.39 Å². The Morgan fingerprint density at radius 1 is 1.17 bits per heavy atom. The lowest BCUT2D eigenvalue weighted by atomic mass is 10.2. The number of benzene rings is 1. The molecule has 1 N–H and O–H groups in total. The van der Waals surface area contributed by atoms with Crippen LogP contribution in [0.3, 0.4) is 0 Å². The largest absolute Gasteiger partial charge is 0.333 e. The van der Waals surface area contributed by atoms with E-state index in [1.807, 2.05) is 0 Å². The molecule has 0 amide bonds. The predicted octanol–water partition coefficient (Wildman–Crippen LogP) is 3.48. The van der Waals surface area contributed by atoms with Gasteiger partial charge in [0.25, 0.3) is 5.56 Å². The highest BCUT2D eigenvalue weighted by Crippen LogP contribution is 2.35. The second-order valence-electron chi connectivity index (χ2n) is 6.41. The number of hydrogen-bond donors (Lipinski definition) is 1. The average molecular weight is 428 g/mol. The van der Waals surface area contributed by atoms with E-state index in [9.17, 15) is 14.0 Å². The monoisotopic (exact) mass is 427 g/mol. The Kier molecular flexibility index (Phi) is 3.90. The fourth-order valence-corrected chi connectivity index (χ4v) is 4.67. The van der Waals surface area contributed by atoms with Crippen LogP contribution in [-0.2, 0) is 7.05 Å². The zero-order valence-corrected chi connectivity index (χ0v) is 16.4. The predicted molar refractivity (Wildman–Crippen MR) is 111 cm³/mol. The van der Waals surface area contributed by atoms with Crippen LogP contribution in [0.2, 0.25) is 5.02 Å². The SMILES string of the molecule is Cn1ncc2cncc(-n3c(=O)[nH]c4cc(-c5cc(F)ccc5Cl)sc4c3=O)c21. The molecule has 0 atom stereocenters. The van der Waals surface area contributed by atoms with E-state index in [0.29, 0.717) is 42.3 Å². The van der Waals surface area contributed by atoms with Crippen LogP contribution in [0.5, 0.6) is 0 Å². The minimum Gasteiger partial charge on any atom is -0.306 e. The third-order valence-corrected chi connectivity index (χ3v) is 6.11. The second-order valence-corrected chi connectivity index (χ2v) is 7.87. The lowest BCUT2D eigenvalue weighted by Gasteiger charge is -2.06. The number of rotatable bonds is 2. The number of fused-ring (bicyclic) bond motifs is 2. The van der Waals surface area contributed by atoms with E-state index in [2.05, 4.69) is 15.1 Å². The molecule has 5 rings (SSSR count). The highest BCUT2D eigenvalue weighted by molar-refractivity contribution is 7.22. The Morgan fingerprint density at radius 2 is 2.00 bits per heavy atom. The van der Waals surface area contributed by atoms with E-state index in [1.54, 1.807) is 30.2 Å². The van der Waals surface area contributed by atoms with Gasteiger partial charge >= 0.3 is 5.69 Å². The lowest BCUT2D eigenvalue weighted by molar-refractivity contribution is 0.628. The molecule has 0 aliphatic rings. The van der Waals surface area contributed by atoms with Gasteiger partial charge in [-0.1, -0.05) is 11.6 Å². The number of pyridine rings is 1. The van der Waals surface area contributed by atoms with Gasteiger partial charge in [-0.15, -0.1) is 11.3 Å². The molecule has 0 unspecified atom stereocenters. The molecular weight excluding hydrogens is 417 g/mol. The molecule has 7 nitrogen and oxygen atoms in total. The Labute approximate surface area is 170 Å². The number of aryl methyl sites for hydroxylation is 1. The Bertz CT molecular complexity index is 1550. The maximum absolute atomic E-state index is 13.7. The first-order valence-electron chi connectivity index (χ1n) is 8.44. The molecule has 29 heavy (non-hydrogen) atoms. The molecule has 0 saturated heterocycles. The van der Waals surface area contributed by atoms with Gasteiger partial charge in [0.1, 0.15) is 10.5 Å². The van der Waals surface area contributed by atoms with E-state index >= 15 is 0 Å². The van der Waals surface area contributed by atoms with Gasteiger partial charge < -0.3 is 4.98 Å². The summed E-state index contributed by atoms with van der Waals surface area (Å²) >= 11 is 7.33. The summed E-state index contributed by atoms with van der Waals surface area (Å²) in [6.07, 6.45) is 4.67. The van der Waals surface area contributed by atoms with Crippen LogP contribution in [0, 0.1) is 5.82 Å². The molecule has 0 spiro atoms. The van der Waals surface area contributed by atoms with E-state index in [0.717, 1.165) is 15.9 Å². The molecule has 4 heterocycles. The minimum absolute atomic E-state index is 0.319. The molecule has 4 aromatic heterocycles. The molecule has 0 radical (unpaired) electrons. The summed E-state index contributed by atoms with van der Waals surface area (Å²) in [4.78, 5) is 33.4. The first kappa shape index (κ1) is 17.8. The molecule has 1 aromatic carbocycles. The van der Waals surface area contributed by atoms with Crippen molar-refractivity contribution in [3.63, 3.8) is 0 Å². The number of aromatic nitrogens is 5. The highest BCUT2D eigenvalue weighted by Gasteiger charge is 2.18. The van der Waals surface area contributed by atoms with Crippen molar-refractivity contribution in [1.29, 1.82) is 0 Å². The zero-order chi connectivity index (χ0) is 20.3. The first-order valence-corrected chi connectivity index (χ1v) is 9.64. The highest BCUT2D eigenvalue weighted by atomic mass is 35.5. The van der Waals surface area contributed by atoms with Gasteiger partial charge in [0.15, 0.2) is 0 Å². The number of aromatic amines is 1. The molecule has 0 fully saturated rings. The van der Waals surface area contributed by atoms with Crippen molar-refractivity contribution in [1.82, 2.24) is 24.3 Å². The molecule has 0 saturated carbocycles. The van der Waals surface area contributed by atoms with Crippen molar-refractivity contribution in [3.8, 4) is 16.1 Å². The van der Waals surface area contributed by atoms with E-state index < -0.39 is 17.1 Å². The molecular formula is C19H11ClFN5O2S. The summed E-state index contributed by atoms with van der Waals surface area (Å²) in [5.41, 5.74) is 0.652. The molecule has 10 heteroatoms. The fraction of sp³-hybridized carbons (Fsp3) is 0.0526. The summed E-state index contributed by atoms with van der Waals surface area (Å²) in [6, 6.07) is 5.63. The average Bonchev–Trinajstić information content (AvgIpc) is 3.28. The quantitative estimate of drug-likeness (QED) is 0.467. The van der Waals surface area contributed by atoms with Crippen molar-refractivity contribution >= 4 is 44.1 Å². The third-order valence-electron chi connectivity index (χ3n) is 4.63. The summed E-state index contributed by atoms with van der Waals surface area (Å²) in [7, 11) is 1.72. The number of nitrogens with zero attached hydrogens (tertiary/aromatic N) is 4. The summed E-state index contributed by atoms with van der Waals surface area (Å²) in [6.45, 7) is 0. The van der Waals surface area contributed by atoms with Crippen molar-refractivity contribution < 1.29 is 4.39 Å². The number of hydrogen-bond acceptors (Lipinski definition) is 5. The summed E-state index contributed by atoms with van der Waals surface area (Å²) in [5, 5.41) is 5.22. The topological polar surface area (TPSA) is 85.6 Å². The zero-order valence-electron chi connectivity index (χ0n) is 14.8. The van der Waals surface area contributed by atoms with E-state index in [1.165, 1.54) is 24.4 Å². The van der Waals surface area contributed by atoms with Gasteiger partial charge in [0.2, 0.25) is 0 Å². The van der Waals surface area contributed by atoms with Gasteiger partial charge in [-0.2, -0.15) is 5.10 Å². The number of halogens is 2. The van der Waals surface area contributed by atoms with Gasteiger partial charge in [0.05, 0.1) is 29.1 Å². The smallest absolute Gasteiger partial charge is 0.306 e.